The molecule has 5 rings (SSSR count). The van der Waals surface area contributed by atoms with Crippen LogP contribution in [0.25, 0.3) is 20.2 Å². The Labute approximate surface area is 222 Å². The zero-order valence-corrected chi connectivity index (χ0v) is 21.9. The molecule has 0 spiro atoms. The number of nitrogen functional groups attached to an aromatic ring is 1. The number of fused-ring (bicyclic) bond motifs is 3. The van der Waals surface area contributed by atoms with Gasteiger partial charge in [0, 0.05) is 48.1 Å². The van der Waals surface area contributed by atoms with Crippen molar-refractivity contribution in [1.29, 1.82) is 5.41 Å². The highest BCUT2D eigenvalue weighted by Gasteiger charge is 2.34. The van der Waals surface area contributed by atoms with Gasteiger partial charge in [-0.1, -0.05) is 24.3 Å². The monoisotopic (exact) mass is 533 g/mol. The second kappa shape index (κ2) is 10.3. The van der Waals surface area contributed by atoms with E-state index in [1.807, 2.05) is 31.2 Å². The predicted molar refractivity (Wildman–Crippen MR) is 148 cm³/mol. The Kier molecular flexibility index (Phi) is 6.94. The summed E-state index contributed by atoms with van der Waals surface area (Å²) in [7, 11) is 0. The van der Waals surface area contributed by atoms with E-state index in [2.05, 4.69) is 22.8 Å². The fraction of sp³-hybridized carbons (Fsp3) is 0.259. The molecule has 2 aromatic carbocycles. The summed E-state index contributed by atoms with van der Waals surface area (Å²) in [6, 6.07) is 14.6. The molecule has 5 N–H and O–H groups in total. The summed E-state index contributed by atoms with van der Waals surface area (Å²) in [4.78, 5) is 41.2. The normalized spacial score (nSPS) is 16.1. The van der Waals surface area contributed by atoms with E-state index < -0.39 is 6.04 Å². The van der Waals surface area contributed by atoms with Gasteiger partial charge >= 0.3 is 0 Å². The largest absolute Gasteiger partial charge is 0.384 e. The molecule has 1 fully saturated rings. The lowest BCUT2D eigenvalue weighted by molar-refractivity contribution is -0.137. The third kappa shape index (κ3) is 5.07. The van der Waals surface area contributed by atoms with Crippen LogP contribution in [0.4, 0.5) is 0 Å². The molecule has 1 aliphatic heterocycles. The maximum atomic E-state index is 13.0. The number of hydrogen-bond donors (Lipinski definition) is 4. The van der Waals surface area contributed by atoms with Crippen molar-refractivity contribution in [3.8, 4) is 0 Å². The summed E-state index contributed by atoms with van der Waals surface area (Å²) in [5.41, 5.74) is 6.66. The number of hydrogen-bond acceptors (Lipinski definition) is 6. The summed E-state index contributed by atoms with van der Waals surface area (Å²) >= 11 is 3.06. The number of nitrogens with one attached hydrogen (secondary N) is 3. The highest BCUT2D eigenvalue weighted by molar-refractivity contribution is 7.25. The Hall–Kier alpha value is -3.76. The molecule has 0 aliphatic carbocycles. The molecule has 0 bridgehead atoms. The molecular weight excluding hydrogens is 506 g/mol. The van der Waals surface area contributed by atoms with Crippen molar-refractivity contribution < 1.29 is 14.4 Å². The Morgan fingerprint density at radius 2 is 1.89 bits per heavy atom. The van der Waals surface area contributed by atoms with Crippen molar-refractivity contribution in [2.45, 2.75) is 31.8 Å². The summed E-state index contributed by atoms with van der Waals surface area (Å²) in [5, 5.41) is 17.3. The van der Waals surface area contributed by atoms with Crippen LogP contribution in [0.3, 0.4) is 0 Å². The van der Waals surface area contributed by atoms with Crippen LogP contribution in [-0.2, 0) is 9.59 Å². The van der Waals surface area contributed by atoms with Crippen molar-refractivity contribution in [3.05, 3.63) is 69.9 Å². The molecule has 1 aliphatic rings. The molecule has 4 aromatic rings. The van der Waals surface area contributed by atoms with Gasteiger partial charge in [0.15, 0.2) is 0 Å². The fourth-order valence-corrected chi connectivity index (χ4v) is 6.73. The van der Waals surface area contributed by atoms with Crippen molar-refractivity contribution in [1.82, 2.24) is 15.5 Å². The molecule has 10 heteroatoms. The maximum Gasteiger partial charge on any atom is 0.251 e. The Morgan fingerprint density at radius 1 is 1.11 bits per heavy atom. The van der Waals surface area contributed by atoms with Gasteiger partial charge in [-0.05, 0) is 44.0 Å². The van der Waals surface area contributed by atoms with E-state index in [9.17, 15) is 14.4 Å². The number of likely N-dealkylation sites (tertiary alicyclic amines) is 1. The minimum absolute atomic E-state index is 0.0145. The number of nitrogens with two attached hydrogens (primary N) is 1. The van der Waals surface area contributed by atoms with E-state index in [-0.39, 0.29) is 36.1 Å². The van der Waals surface area contributed by atoms with Crippen LogP contribution in [0.5, 0.6) is 0 Å². The smallest absolute Gasteiger partial charge is 0.251 e. The van der Waals surface area contributed by atoms with Crippen LogP contribution in [0, 0.1) is 5.41 Å². The zero-order chi connectivity index (χ0) is 26.1. The van der Waals surface area contributed by atoms with Crippen LogP contribution in [-0.4, -0.2) is 47.6 Å². The third-order valence-electron chi connectivity index (χ3n) is 6.63. The second-order valence-electron chi connectivity index (χ2n) is 9.12. The highest BCUT2D eigenvalue weighted by atomic mass is 32.1. The molecule has 2 aromatic heterocycles. The molecule has 190 valence electrons. The van der Waals surface area contributed by atoms with Crippen LogP contribution in [0.2, 0.25) is 0 Å². The van der Waals surface area contributed by atoms with E-state index >= 15 is 0 Å². The van der Waals surface area contributed by atoms with Crippen molar-refractivity contribution in [3.63, 3.8) is 0 Å². The SMILES string of the molecule is C[C@@H](NC(=O)[C@@H]1CCCN1C(=O)CNC(=O)c1ccc2c(c1)sc1ccccc12)c1cc(C(=N)N)cs1. The Morgan fingerprint density at radius 3 is 2.68 bits per heavy atom. The van der Waals surface area contributed by atoms with E-state index in [0.717, 1.165) is 31.5 Å². The van der Waals surface area contributed by atoms with Gasteiger partial charge in [0.25, 0.3) is 5.91 Å². The van der Waals surface area contributed by atoms with Gasteiger partial charge in [0.2, 0.25) is 11.8 Å². The number of thiophene rings is 2. The minimum atomic E-state index is -0.575. The van der Waals surface area contributed by atoms with Gasteiger partial charge in [-0.25, -0.2) is 0 Å². The number of carbonyl (C=O) groups is 3. The van der Waals surface area contributed by atoms with Crippen LogP contribution < -0.4 is 16.4 Å². The number of amides is 3. The van der Waals surface area contributed by atoms with E-state index in [1.165, 1.54) is 11.3 Å². The first-order chi connectivity index (χ1) is 17.8. The summed E-state index contributed by atoms with van der Waals surface area (Å²) in [5.74, 6) is -0.839. The molecule has 0 radical (unpaired) electrons. The van der Waals surface area contributed by atoms with Gasteiger partial charge < -0.3 is 21.3 Å². The van der Waals surface area contributed by atoms with E-state index in [4.69, 9.17) is 11.1 Å². The molecule has 2 atom stereocenters. The lowest BCUT2D eigenvalue weighted by Crippen LogP contribution is -2.49. The van der Waals surface area contributed by atoms with E-state index in [0.29, 0.717) is 24.1 Å². The first-order valence-electron chi connectivity index (χ1n) is 12.0. The molecular formula is C27H27N5O3S2. The number of carbonyl (C=O) groups excluding carboxylic acids is 3. The molecule has 37 heavy (non-hydrogen) atoms. The Balaban J connectivity index is 1.19. The number of rotatable bonds is 7. The maximum absolute atomic E-state index is 13.0. The first kappa shape index (κ1) is 24.9. The van der Waals surface area contributed by atoms with Crippen molar-refractivity contribution >= 4 is 66.4 Å². The Bertz CT molecular complexity index is 1520. The minimum Gasteiger partial charge on any atom is -0.384 e. The van der Waals surface area contributed by atoms with Crippen LogP contribution >= 0.6 is 22.7 Å². The summed E-state index contributed by atoms with van der Waals surface area (Å²) < 4.78 is 2.18. The van der Waals surface area contributed by atoms with Crippen molar-refractivity contribution in [2.75, 3.05) is 13.1 Å². The average molecular weight is 534 g/mol. The molecule has 8 nitrogen and oxygen atoms in total. The van der Waals surface area contributed by atoms with Crippen LogP contribution in [0.15, 0.2) is 53.9 Å². The predicted octanol–water partition coefficient (Wildman–Crippen LogP) is 4.00. The number of benzene rings is 2. The zero-order valence-electron chi connectivity index (χ0n) is 20.2. The quantitative estimate of drug-likeness (QED) is 0.211. The van der Waals surface area contributed by atoms with Gasteiger partial charge in [-0.15, -0.1) is 22.7 Å². The summed E-state index contributed by atoms with van der Waals surface area (Å²) in [6.07, 6.45) is 1.30. The van der Waals surface area contributed by atoms with Gasteiger partial charge in [0.1, 0.15) is 11.9 Å². The standard InChI is InChI=1S/C27H27N5O3S2/c1-15(22-12-17(14-36-22)25(28)29)31-27(35)20-6-4-10-32(20)24(33)13-30-26(34)16-8-9-19-18-5-2-3-7-21(18)37-23(19)11-16/h2-3,5,7-9,11-12,14-15,20H,4,6,10,13H2,1H3,(H3,28,29)(H,30,34)(H,31,35)/t15-,20+/m1/s1. The summed E-state index contributed by atoms with van der Waals surface area (Å²) in [6.45, 7) is 2.17. The van der Waals surface area contributed by atoms with Gasteiger partial charge in [-0.3, -0.25) is 19.8 Å². The molecule has 3 amide bonds. The molecule has 0 saturated carbocycles. The first-order valence-corrected chi connectivity index (χ1v) is 13.7. The third-order valence-corrected chi connectivity index (χ3v) is 8.88. The highest BCUT2D eigenvalue weighted by Crippen LogP contribution is 2.34. The lowest BCUT2D eigenvalue weighted by atomic mass is 10.1. The average Bonchev–Trinajstić information content (AvgIpc) is 3.64. The topological polar surface area (TPSA) is 128 Å². The molecule has 0 unspecified atom stereocenters. The van der Waals surface area contributed by atoms with E-state index in [1.54, 1.807) is 33.7 Å². The molecule has 1 saturated heterocycles. The lowest BCUT2D eigenvalue weighted by Gasteiger charge is -2.25. The van der Waals surface area contributed by atoms with Gasteiger partial charge in [-0.2, -0.15) is 0 Å². The number of nitrogens with zero attached hydrogens (tertiary/aromatic N) is 1. The van der Waals surface area contributed by atoms with Gasteiger partial charge in [0.05, 0.1) is 12.6 Å². The second-order valence-corrected chi connectivity index (χ2v) is 11.1. The van der Waals surface area contributed by atoms with Crippen molar-refractivity contribution in [2.24, 2.45) is 5.73 Å². The fourth-order valence-electron chi connectivity index (χ4n) is 4.67. The number of amidine groups is 1. The van der Waals surface area contributed by atoms with Crippen LogP contribution in [0.1, 0.15) is 46.6 Å². The molecule has 3 heterocycles.